The largest absolute Gasteiger partial charge is 0.496 e. The molecule has 1 aromatic heterocycles. The number of nitrogens with zero attached hydrogens (tertiary/aromatic N) is 3. The third-order valence-electron chi connectivity index (χ3n) is 3.87. The molecule has 0 radical (unpaired) electrons. The minimum Gasteiger partial charge on any atom is -0.496 e. The van der Waals surface area contributed by atoms with Crippen LogP contribution in [0.5, 0.6) is 5.75 Å². The van der Waals surface area contributed by atoms with Gasteiger partial charge < -0.3 is 15.0 Å². The van der Waals surface area contributed by atoms with Crippen molar-refractivity contribution in [2.75, 3.05) is 20.2 Å². The van der Waals surface area contributed by atoms with Crippen molar-refractivity contribution in [2.24, 2.45) is 0 Å². The summed E-state index contributed by atoms with van der Waals surface area (Å²) in [6.07, 6.45) is 2.86. The van der Waals surface area contributed by atoms with E-state index in [0.717, 1.165) is 17.7 Å². The van der Waals surface area contributed by atoms with Gasteiger partial charge in [-0.2, -0.15) is 10.4 Å². The number of amides is 1. The van der Waals surface area contributed by atoms with Crippen molar-refractivity contribution in [3.63, 3.8) is 0 Å². The number of H-pyrrole nitrogens is 1. The van der Waals surface area contributed by atoms with Crippen LogP contribution in [0.1, 0.15) is 16.9 Å². The smallest absolute Gasteiger partial charge is 0.272 e. The lowest BCUT2D eigenvalue weighted by molar-refractivity contribution is 0.0933. The van der Waals surface area contributed by atoms with Gasteiger partial charge in [-0.05, 0) is 24.6 Å². The predicted molar refractivity (Wildman–Crippen MR) is 83.6 cm³/mol. The average molecular weight is 311 g/mol. The molecule has 1 aromatic carbocycles. The molecule has 1 aliphatic rings. The summed E-state index contributed by atoms with van der Waals surface area (Å²) in [4.78, 5) is 13.9. The standard InChI is InChI=1S/C16H17N5O2/c1-23-15-5-3-2-4-12(15)13-8-14(20-19-13)16(22)18-11-6-7-21(9-11)10-17/h2-5,8,11H,6-7,9H2,1H3,(H,18,22)(H,19,20). The molecule has 0 spiro atoms. The summed E-state index contributed by atoms with van der Waals surface area (Å²) in [5, 5.41) is 18.7. The molecule has 7 heteroatoms. The molecule has 3 rings (SSSR count). The molecule has 1 unspecified atom stereocenters. The highest BCUT2D eigenvalue weighted by Crippen LogP contribution is 2.28. The number of likely N-dealkylation sites (tertiary alicyclic amines) is 1. The number of rotatable bonds is 4. The third-order valence-corrected chi connectivity index (χ3v) is 3.87. The van der Waals surface area contributed by atoms with E-state index in [1.807, 2.05) is 24.3 Å². The van der Waals surface area contributed by atoms with Gasteiger partial charge in [-0.25, -0.2) is 0 Å². The molecule has 0 saturated carbocycles. The fraction of sp³-hybridized carbons (Fsp3) is 0.312. The molecule has 1 saturated heterocycles. The maximum Gasteiger partial charge on any atom is 0.272 e. The number of aromatic amines is 1. The zero-order valence-electron chi connectivity index (χ0n) is 12.7. The second-order valence-electron chi connectivity index (χ2n) is 5.37. The van der Waals surface area contributed by atoms with Gasteiger partial charge in [-0.1, -0.05) is 12.1 Å². The summed E-state index contributed by atoms with van der Waals surface area (Å²) >= 11 is 0. The molecule has 2 aromatic rings. The van der Waals surface area contributed by atoms with Gasteiger partial charge in [0, 0.05) is 24.7 Å². The van der Waals surface area contributed by atoms with E-state index in [9.17, 15) is 4.79 Å². The third kappa shape index (κ3) is 3.11. The van der Waals surface area contributed by atoms with Gasteiger partial charge in [0.05, 0.1) is 12.8 Å². The summed E-state index contributed by atoms with van der Waals surface area (Å²) in [6.45, 7) is 1.22. The quantitative estimate of drug-likeness (QED) is 0.832. The Morgan fingerprint density at radius 1 is 1.52 bits per heavy atom. The zero-order valence-corrected chi connectivity index (χ0v) is 12.7. The molecule has 1 amide bonds. The van der Waals surface area contributed by atoms with Crippen LogP contribution in [0.4, 0.5) is 0 Å². The number of ether oxygens (including phenoxy) is 1. The maximum absolute atomic E-state index is 12.3. The first-order chi connectivity index (χ1) is 11.2. The van der Waals surface area contributed by atoms with Crippen molar-refractivity contribution >= 4 is 5.91 Å². The van der Waals surface area contributed by atoms with Crippen LogP contribution in [0.3, 0.4) is 0 Å². The first-order valence-corrected chi connectivity index (χ1v) is 7.35. The Labute approximate surface area is 133 Å². The van der Waals surface area contributed by atoms with Crippen LogP contribution >= 0.6 is 0 Å². The number of carbonyl (C=O) groups is 1. The number of aromatic nitrogens is 2. The number of carbonyl (C=O) groups excluding carboxylic acids is 1. The topological polar surface area (TPSA) is 94.0 Å². The molecule has 1 atom stereocenters. The fourth-order valence-electron chi connectivity index (χ4n) is 2.67. The summed E-state index contributed by atoms with van der Waals surface area (Å²) in [5.74, 6) is 0.468. The molecule has 2 N–H and O–H groups in total. The maximum atomic E-state index is 12.3. The van der Waals surface area contributed by atoms with E-state index in [-0.39, 0.29) is 11.9 Å². The lowest BCUT2D eigenvalue weighted by Crippen LogP contribution is -2.36. The van der Waals surface area contributed by atoms with Gasteiger partial charge in [0.2, 0.25) is 0 Å². The Kier molecular flexibility index (Phi) is 4.15. The van der Waals surface area contributed by atoms with E-state index < -0.39 is 0 Å². The first kappa shape index (κ1) is 14.9. The Balaban J connectivity index is 1.72. The highest BCUT2D eigenvalue weighted by molar-refractivity contribution is 5.93. The number of nitriles is 1. The minimum absolute atomic E-state index is 0.0199. The zero-order chi connectivity index (χ0) is 16.2. The molecule has 1 aliphatic heterocycles. The van der Waals surface area contributed by atoms with Crippen molar-refractivity contribution in [3.05, 3.63) is 36.0 Å². The van der Waals surface area contributed by atoms with Gasteiger partial charge in [0.25, 0.3) is 5.91 Å². The number of nitrogens with one attached hydrogen (secondary N) is 2. The Morgan fingerprint density at radius 3 is 3.09 bits per heavy atom. The molecule has 2 heterocycles. The summed E-state index contributed by atoms with van der Waals surface area (Å²) in [6, 6.07) is 9.21. The molecular formula is C16H17N5O2. The second kappa shape index (κ2) is 6.40. The molecule has 0 bridgehead atoms. The number of hydrogen-bond acceptors (Lipinski definition) is 5. The van der Waals surface area contributed by atoms with Crippen molar-refractivity contribution in [1.29, 1.82) is 5.26 Å². The summed E-state index contributed by atoms with van der Waals surface area (Å²) in [5.41, 5.74) is 1.89. The normalized spacial score (nSPS) is 16.9. The van der Waals surface area contributed by atoms with Gasteiger partial charge in [-0.3, -0.25) is 9.89 Å². The van der Waals surface area contributed by atoms with Crippen LogP contribution < -0.4 is 10.1 Å². The minimum atomic E-state index is -0.243. The van der Waals surface area contributed by atoms with Crippen molar-refractivity contribution in [2.45, 2.75) is 12.5 Å². The van der Waals surface area contributed by atoms with Crippen LogP contribution in [0.25, 0.3) is 11.3 Å². The van der Waals surface area contributed by atoms with Crippen molar-refractivity contribution < 1.29 is 9.53 Å². The predicted octanol–water partition coefficient (Wildman–Crippen LogP) is 1.37. The highest BCUT2D eigenvalue weighted by atomic mass is 16.5. The van der Waals surface area contributed by atoms with E-state index >= 15 is 0 Å². The highest BCUT2D eigenvalue weighted by Gasteiger charge is 2.24. The van der Waals surface area contributed by atoms with Crippen LogP contribution in [-0.4, -0.2) is 47.2 Å². The van der Waals surface area contributed by atoms with Crippen LogP contribution in [0.15, 0.2) is 30.3 Å². The Bertz CT molecular complexity index is 749. The number of methoxy groups -OCH3 is 1. The second-order valence-corrected chi connectivity index (χ2v) is 5.37. The molecule has 0 aliphatic carbocycles. The first-order valence-electron chi connectivity index (χ1n) is 7.35. The number of benzene rings is 1. The molecule has 23 heavy (non-hydrogen) atoms. The van der Waals surface area contributed by atoms with E-state index in [1.54, 1.807) is 18.1 Å². The SMILES string of the molecule is COc1ccccc1-c1cc(C(=O)NC2CCN(C#N)C2)n[nH]1. The van der Waals surface area contributed by atoms with E-state index in [2.05, 4.69) is 21.7 Å². The Morgan fingerprint density at radius 2 is 2.35 bits per heavy atom. The van der Waals surface area contributed by atoms with Crippen LogP contribution in [0.2, 0.25) is 0 Å². The average Bonchev–Trinajstić information content (AvgIpc) is 3.24. The monoisotopic (exact) mass is 311 g/mol. The van der Waals surface area contributed by atoms with E-state index in [0.29, 0.717) is 24.5 Å². The van der Waals surface area contributed by atoms with Crippen LogP contribution in [-0.2, 0) is 0 Å². The summed E-state index contributed by atoms with van der Waals surface area (Å²) in [7, 11) is 1.60. The van der Waals surface area contributed by atoms with Gasteiger partial charge in [0.15, 0.2) is 11.9 Å². The number of hydrogen-bond donors (Lipinski definition) is 2. The summed E-state index contributed by atoms with van der Waals surface area (Å²) < 4.78 is 5.32. The molecule has 1 fully saturated rings. The van der Waals surface area contributed by atoms with E-state index in [4.69, 9.17) is 10.00 Å². The van der Waals surface area contributed by atoms with E-state index in [1.165, 1.54) is 0 Å². The molecular weight excluding hydrogens is 294 g/mol. The lowest BCUT2D eigenvalue weighted by Gasteiger charge is -2.10. The molecule has 118 valence electrons. The van der Waals surface area contributed by atoms with Gasteiger partial charge >= 0.3 is 0 Å². The van der Waals surface area contributed by atoms with Gasteiger partial charge in [0.1, 0.15) is 5.75 Å². The fourth-order valence-corrected chi connectivity index (χ4v) is 2.67. The molecule has 7 nitrogen and oxygen atoms in total. The van der Waals surface area contributed by atoms with Gasteiger partial charge in [-0.15, -0.1) is 0 Å². The van der Waals surface area contributed by atoms with Crippen molar-refractivity contribution in [3.8, 4) is 23.2 Å². The Hall–Kier alpha value is -3.01. The van der Waals surface area contributed by atoms with Crippen LogP contribution in [0, 0.1) is 11.5 Å². The number of para-hydroxylation sites is 1. The lowest BCUT2D eigenvalue weighted by atomic mass is 10.1. The van der Waals surface area contributed by atoms with Crippen molar-refractivity contribution in [1.82, 2.24) is 20.4 Å².